The van der Waals surface area contributed by atoms with Gasteiger partial charge in [0.15, 0.2) is 23.1 Å². The zero-order valence-corrected chi connectivity index (χ0v) is 20.5. The van der Waals surface area contributed by atoms with E-state index in [0.29, 0.717) is 27.4 Å². The van der Waals surface area contributed by atoms with Crippen molar-refractivity contribution in [3.8, 4) is 5.75 Å². The van der Waals surface area contributed by atoms with Gasteiger partial charge in [0.05, 0.1) is 17.5 Å². The highest BCUT2D eigenvalue weighted by Crippen LogP contribution is 2.55. The molecule has 4 aliphatic rings. The lowest BCUT2D eigenvalue weighted by Gasteiger charge is -2.42. The Balaban J connectivity index is 1.49. The number of halogens is 2. The van der Waals surface area contributed by atoms with Crippen LogP contribution in [0.1, 0.15) is 31.2 Å². The first-order valence-electron chi connectivity index (χ1n) is 12.0. The number of nitrogens with zero attached hydrogens (tertiary/aromatic N) is 1. The molecule has 0 saturated carbocycles. The molecule has 37 heavy (non-hydrogen) atoms. The van der Waals surface area contributed by atoms with Gasteiger partial charge in [-0.25, -0.2) is 4.39 Å². The SMILES string of the molecule is CC1=CC(=O)C2=C(C1=O)[C@@H](c1ccc(O)c(F)c1)C1=CC[C@@H]3C(=O)N(c4ccc(Cl)cc4)C(=O)[C@@H]3[C@@H]1C2. The van der Waals surface area contributed by atoms with Gasteiger partial charge in [0.25, 0.3) is 0 Å². The fourth-order valence-electron chi connectivity index (χ4n) is 6.29. The second-order valence-corrected chi connectivity index (χ2v) is 10.4. The predicted molar refractivity (Wildman–Crippen MR) is 133 cm³/mol. The highest BCUT2D eigenvalue weighted by molar-refractivity contribution is 6.31. The smallest absolute Gasteiger partial charge is 0.238 e. The van der Waals surface area contributed by atoms with Gasteiger partial charge in [-0.05, 0) is 73.7 Å². The third-order valence-corrected chi connectivity index (χ3v) is 8.21. The molecule has 2 aromatic carbocycles. The van der Waals surface area contributed by atoms with E-state index in [1.807, 2.05) is 6.08 Å². The Labute approximate surface area is 216 Å². The quantitative estimate of drug-likeness (QED) is 0.350. The molecule has 8 heteroatoms. The fraction of sp³-hybridized carbons (Fsp3) is 0.241. The number of allylic oxidation sites excluding steroid dienone is 6. The van der Waals surface area contributed by atoms with Gasteiger partial charge in [-0.1, -0.05) is 29.3 Å². The summed E-state index contributed by atoms with van der Waals surface area (Å²) < 4.78 is 14.5. The van der Waals surface area contributed by atoms with Gasteiger partial charge in [-0.2, -0.15) is 0 Å². The van der Waals surface area contributed by atoms with E-state index < -0.39 is 35.2 Å². The second-order valence-electron chi connectivity index (χ2n) is 9.93. The molecule has 1 aliphatic heterocycles. The number of ketones is 2. The Morgan fingerprint density at radius 3 is 2.43 bits per heavy atom. The van der Waals surface area contributed by atoms with Gasteiger partial charge in [-0.15, -0.1) is 0 Å². The highest BCUT2D eigenvalue weighted by atomic mass is 35.5. The number of benzene rings is 2. The van der Waals surface area contributed by atoms with E-state index >= 15 is 0 Å². The summed E-state index contributed by atoms with van der Waals surface area (Å²) in [6, 6.07) is 10.3. The lowest BCUT2D eigenvalue weighted by Crippen LogP contribution is -2.39. The molecule has 186 valence electrons. The van der Waals surface area contributed by atoms with Crippen LogP contribution in [0.4, 0.5) is 10.1 Å². The van der Waals surface area contributed by atoms with E-state index in [2.05, 4.69) is 0 Å². The van der Waals surface area contributed by atoms with Crippen molar-refractivity contribution in [3.63, 3.8) is 0 Å². The molecular weight excluding hydrogens is 497 g/mol. The van der Waals surface area contributed by atoms with Gasteiger partial charge >= 0.3 is 0 Å². The van der Waals surface area contributed by atoms with Crippen LogP contribution >= 0.6 is 11.6 Å². The molecular formula is C29H21ClFNO5. The third-order valence-electron chi connectivity index (χ3n) is 7.95. The number of hydrogen-bond donors (Lipinski definition) is 1. The molecule has 0 spiro atoms. The first-order chi connectivity index (χ1) is 17.7. The number of phenols is 1. The number of aromatic hydroxyl groups is 1. The molecule has 1 saturated heterocycles. The highest BCUT2D eigenvalue weighted by Gasteiger charge is 2.56. The van der Waals surface area contributed by atoms with Crippen molar-refractivity contribution in [2.45, 2.75) is 25.7 Å². The molecule has 1 heterocycles. The monoisotopic (exact) mass is 517 g/mol. The van der Waals surface area contributed by atoms with Crippen LogP contribution in [0.25, 0.3) is 0 Å². The maximum Gasteiger partial charge on any atom is 0.238 e. The number of fused-ring (bicyclic) bond motifs is 3. The summed E-state index contributed by atoms with van der Waals surface area (Å²) in [5.41, 5.74) is 2.41. The Morgan fingerprint density at radius 1 is 1.00 bits per heavy atom. The first kappa shape index (κ1) is 23.6. The largest absolute Gasteiger partial charge is 0.505 e. The Hall–Kier alpha value is -3.84. The standard InChI is InChI=1S/C29H21ClFNO5/c1-13-10-23(34)20-12-19-17(24(26(20)27(13)35)14-2-9-22(33)21(31)11-14)7-8-18-25(19)29(37)32(28(18)36)16-5-3-15(30)4-6-16/h2-7,9-11,18-19,24-25,33H,8,12H2,1H3/t18-,19+,24-,25-/m0/s1. The zero-order chi connectivity index (χ0) is 26.2. The van der Waals surface area contributed by atoms with E-state index in [-0.39, 0.29) is 41.8 Å². The number of imide groups is 1. The molecule has 0 aromatic heterocycles. The molecule has 6 nitrogen and oxygen atoms in total. The molecule has 6 rings (SSSR count). The summed E-state index contributed by atoms with van der Waals surface area (Å²) in [6.45, 7) is 1.57. The van der Waals surface area contributed by atoms with E-state index in [9.17, 15) is 28.7 Å². The van der Waals surface area contributed by atoms with Crippen molar-refractivity contribution >= 4 is 40.7 Å². The summed E-state index contributed by atoms with van der Waals surface area (Å²) in [7, 11) is 0. The van der Waals surface area contributed by atoms with Crippen LogP contribution in [0, 0.1) is 23.6 Å². The van der Waals surface area contributed by atoms with Gasteiger partial charge < -0.3 is 5.11 Å². The van der Waals surface area contributed by atoms with Crippen LogP contribution in [-0.2, 0) is 19.2 Å². The van der Waals surface area contributed by atoms with Gasteiger partial charge in [0.1, 0.15) is 0 Å². The number of rotatable bonds is 2. The number of hydrogen-bond acceptors (Lipinski definition) is 5. The van der Waals surface area contributed by atoms with E-state index in [1.165, 1.54) is 23.1 Å². The molecule has 2 aromatic rings. The maximum atomic E-state index is 14.5. The molecule has 1 fully saturated rings. The third kappa shape index (κ3) is 3.44. The van der Waals surface area contributed by atoms with Crippen LogP contribution < -0.4 is 4.90 Å². The van der Waals surface area contributed by atoms with Crippen LogP contribution in [-0.4, -0.2) is 28.5 Å². The summed E-state index contributed by atoms with van der Waals surface area (Å²) in [5, 5.41) is 10.2. The lowest BCUT2D eigenvalue weighted by atomic mass is 9.59. The predicted octanol–water partition coefficient (Wildman–Crippen LogP) is 4.82. The normalized spacial score (nSPS) is 27.1. The first-order valence-corrected chi connectivity index (χ1v) is 12.4. The average Bonchev–Trinajstić information content (AvgIpc) is 3.13. The lowest BCUT2D eigenvalue weighted by molar-refractivity contribution is -0.123. The number of carbonyl (C=O) groups excluding carboxylic acids is 4. The van der Waals surface area contributed by atoms with Crippen LogP contribution in [0.5, 0.6) is 5.75 Å². The molecule has 0 bridgehead atoms. The van der Waals surface area contributed by atoms with E-state index in [0.717, 1.165) is 11.6 Å². The topological polar surface area (TPSA) is 91.8 Å². The number of carbonyl (C=O) groups is 4. The summed E-state index contributed by atoms with van der Waals surface area (Å²) >= 11 is 5.99. The number of anilines is 1. The van der Waals surface area contributed by atoms with Crippen molar-refractivity contribution < 1.29 is 28.7 Å². The maximum absolute atomic E-state index is 14.5. The van der Waals surface area contributed by atoms with Gasteiger partial charge in [0, 0.05) is 27.7 Å². The van der Waals surface area contributed by atoms with Crippen molar-refractivity contribution in [2.75, 3.05) is 4.90 Å². The summed E-state index contributed by atoms with van der Waals surface area (Å²) in [5.74, 6) is -5.29. The average molecular weight is 518 g/mol. The van der Waals surface area contributed by atoms with Gasteiger partial charge in [0.2, 0.25) is 11.8 Å². The second kappa shape index (κ2) is 8.35. The molecule has 3 aliphatic carbocycles. The molecule has 0 unspecified atom stereocenters. The number of amides is 2. The fourth-order valence-corrected chi connectivity index (χ4v) is 6.41. The summed E-state index contributed by atoms with van der Waals surface area (Å²) in [4.78, 5) is 54.8. The van der Waals surface area contributed by atoms with Crippen molar-refractivity contribution in [1.29, 1.82) is 0 Å². The minimum atomic E-state index is -0.848. The van der Waals surface area contributed by atoms with Crippen molar-refractivity contribution in [1.82, 2.24) is 0 Å². The van der Waals surface area contributed by atoms with E-state index in [4.69, 9.17) is 11.6 Å². The molecule has 1 N–H and O–H groups in total. The van der Waals surface area contributed by atoms with Crippen LogP contribution in [0.2, 0.25) is 5.02 Å². The number of phenolic OH excluding ortho intramolecular Hbond substituents is 1. The van der Waals surface area contributed by atoms with Crippen molar-refractivity contribution in [3.05, 3.63) is 93.3 Å². The Bertz CT molecular complexity index is 1520. The van der Waals surface area contributed by atoms with Crippen LogP contribution in [0.3, 0.4) is 0 Å². The minimum absolute atomic E-state index is 0.140. The van der Waals surface area contributed by atoms with E-state index in [1.54, 1.807) is 31.2 Å². The molecule has 2 amide bonds. The zero-order valence-electron chi connectivity index (χ0n) is 19.7. The molecule has 0 radical (unpaired) electrons. The van der Waals surface area contributed by atoms with Crippen molar-refractivity contribution in [2.24, 2.45) is 17.8 Å². The molecule has 4 atom stereocenters. The number of Topliss-reactive ketones (excluding diaryl/α,β-unsaturated/α-hetero) is 1. The minimum Gasteiger partial charge on any atom is -0.505 e. The van der Waals surface area contributed by atoms with Gasteiger partial charge in [-0.3, -0.25) is 24.1 Å². The Kier molecular flexibility index (Phi) is 5.31. The Morgan fingerprint density at radius 2 is 1.73 bits per heavy atom. The van der Waals surface area contributed by atoms with Crippen LogP contribution in [0.15, 0.2) is 76.9 Å². The summed E-state index contributed by atoms with van der Waals surface area (Å²) in [6.07, 6.45) is 3.59.